The molecule has 0 aromatic heterocycles. The molecule has 1 aliphatic rings. The zero-order valence-electron chi connectivity index (χ0n) is 14.0. The molecule has 1 N–H and O–H groups in total. The summed E-state index contributed by atoms with van der Waals surface area (Å²) >= 11 is 0. The molecule has 1 atom stereocenters. The van der Waals surface area contributed by atoms with Gasteiger partial charge in [0.15, 0.2) is 0 Å². The standard InChI is InChI=1S/C18H30N2O/c1-14(2)11-19-12-17(13-21-4)20-9-5-6-16-10-15(3)7-8-18(16)20/h7-8,10,14,17,19H,5-6,9,11-13H2,1-4H3. The minimum atomic E-state index is 0.413. The van der Waals surface area contributed by atoms with Crippen molar-refractivity contribution in [2.45, 2.75) is 39.7 Å². The summed E-state index contributed by atoms with van der Waals surface area (Å²) in [4.78, 5) is 2.54. The number of anilines is 1. The van der Waals surface area contributed by atoms with Crippen LogP contribution >= 0.6 is 0 Å². The van der Waals surface area contributed by atoms with Gasteiger partial charge in [-0.15, -0.1) is 0 Å². The van der Waals surface area contributed by atoms with Crippen molar-refractivity contribution in [2.75, 3.05) is 38.3 Å². The summed E-state index contributed by atoms with van der Waals surface area (Å²) < 4.78 is 5.47. The molecule has 0 bridgehead atoms. The van der Waals surface area contributed by atoms with Crippen LogP contribution in [0.2, 0.25) is 0 Å². The summed E-state index contributed by atoms with van der Waals surface area (Å²) in [6.07, 6.45) is 2.44. The Bertz CT molecular complexity index is 445. The van der Waals surface area contributed by atoms with Gasteiger partial charge in [-0.25, -0.2) is 0 Å². The van der Waals surface area contributed by atoms with Crippen LogP contribution in [-0.2, 0) is 11.2 Å². The lowest BCUT2D eigenvalue weighted by Crippen LogP contribution is -2.48. The van der Waals surface area contributed by atoms with E-state index in [0.717, 1.165) is 26.2 Å². The second kappa shape index (κ2) is 7.81. The van der Waals surface area contributed by atoms with Gasteiger partial charge in [-0.2, -0.15) is 0 Å². The van der Waals surface area contributed by atoms with Crippen molar-refractivity contribution in [2.24, 2.45) is 5.92 Å². The first-order valence-corrected chi connectivity index (χ1v) is 8.17. The first-order chi connectivity index (χ1) is 10.1. The van der Waals surface area contributed by atoms with Crippen LogP contribution < -0.4 is 10.2 Å². The largest absolute Gasteiger partial charge is 0.383 e. The van der Waals surface area contributed by atoms with Crippen LogP contribution in [-0.4, -0.2) is 39.4 Å². The van der Waals surface area contributed by atoms with Gasteiger partial charge in [0.25, 0.3) is 0 Å². The lowest BCUT2D eigenvalue weighted by Gasteiger charge is -2.38. The summed E-state index contributed by atoms with van der Waals surface area (Å²) in [5, 5.41) is 3.59. The van der Waals surface area contributed by atoms with Crippen molar-refractivity contribution in [1.29, 1.82) is 0 Å². The second-order valence-corrected chi connectivity index (χ2v) is 6.59. The first-order valence-electron chi connectivity index (χ1n) is 8.17. The molecule has 0 amide bonds. The molecule has 3 nitrogen and oxygen atoms in total. The fourth-order valence-electron chi connectivity index (χ4n) is 3.12. The average molecular weight is 290 g/mol. The minimum absolute atomic E-state index is 0.413. The smallest absolute Gasteiger partial charge is 0.0678 e. The zero-order chi connectivity index (χ0) is 15.2. The van der Waals surface area contributed by atoms with Gasteiger partial charge in [-0.05, 0) is 43.9 Å². The van der Waals surface area contributed by atoms with E-state index in [9.17, 15) is 0 Å². The Balaban J connectivity index is 2.10. The highest BCUT2D eigenvalue weighted by Gasteiger charge is 2.24. The molecule has 0 saturated heterocycles. The summed E-state index contributed by atoms with van der Waals surface area (Å²) in [5.74, 6) is 0.685. The van der Waals surface area contributed by atoms with Crippen LogP contribution in [0.4, 0.5) is 5.69 Å². The number of hydrogen-bond donors (Lipinski definition) is 1. The van der Waals surface area contributed by atoms with Crippen LogP contribution in [0.3, 0.4) is 0 Å². The second-order valence-electron chi connectivity index (χ2n) is 6.59. The lowest BCUT2D eigenvalue weighted by atomic mass is 9.98. The topological polar surface area (TPSA) is 24.5 Å². The molecule has 1 unspecified atom stereocenters. The van der Waals surface area contributed by atoms with Crippen molar-refractivity contribution in [3.63, 3.8) is 0 Å². The Morgan fingerprint density at radius 2 is 2.10 bits per heavy atom. The maximum absolute atomic E-state index is 5.47. The summed E-state index contributed by atoms with van der Waals surface area (Å²) in [6.45, 7) is 10.6. The van der Waals surface area contributed by atoms with E-state index < -0.39 is 0 Å². The van der Waals surface area contributed by atoms with Gasteiger partial charge in [0, 0.05) is 25.9 Å². The van der Waals surface area contributed by atoms with Gasteiger partial charge in [-0.1, -0.05) is 31.5 Å². The van der Waals surface area contributed by atoms with E-state index in [1.807, 2.05) is 0 Å². The molecule has 0 fully saturated rings. The minimum Gasteiger partial charge on any atom is -0.383 e. The Labute approximate surface area is 129 Å². The van der Waals surface area contributed by atoms with Crippen LogP contribution in [0.1, 0.15) is 31.4 Å². The maximum Gasteiger partial charge on any atom is 0.0678 e. The molecule has 3 heteroatoms. The highest BCUT2D eigenvalue weighted by atomic mass is 16.5. The third-order valence-corrected chi connectivity index (χ3v) is 4.12. The molecule has 2 rings (SSSR count). The van der Waals surface area contributed by atoms with E-state index in [0.29, 0.717) is 12.0 Å². The third-order valence-electron chi connectivity index (χ3n) is 4.12. The van der Waals surface area contributed by atoms with E-state index in [-0.39, 0.29) is 0 Å². The summed E-state index contributed by atoms with van der Waals surface area (Å²) in [6, 6.07) is 7.26. The molecule has 1 aliphatic heterocycles. The lowest BCUT2D eigenvalue weighted by molar-refractivity contribution is 0.174. The summed E-state index contributed by atoms with van der Waals surface area (Å²) in [5.41, 5.74) is 4.25. The van der Waals surface area contributed by atoms with Crippen molar-refractivity contribution in [1.82, 2.24) is 5.32 Å². The quantitative estimate of drug-likeness (QED) is 0.835. The number of rotatable bonds is 7. The fourth-order valence-corrected chi connectivity index (χ4v) is 3.12. The number of fused-ring (bicyclic) bond motifs is 1. The summed E-state index contributed by atoms with van der Waals surface area (Å²) in [7, 11) is 1.80. The molecule has 1 aromatic rings. The SMILES string of the molecule is COCC(CNCC(C)C)N1CCCc2cc(C)ccc21. The maximum atomic E-state index is 5.47. The molecule has 21 heavy (non-hydrogen) atoms. The molecule has 1 heterocycles. The van der Waals surface area contributed by atoms with Crippen LogP contribution in [0.15, 0.2) is 18.2 Å². The fraction of sp³-hybridized carbons (Fsp3) is 0.667. The number of nitrogens with zero attached hydrogens (tertiary/aromatic N) is 1. The van der Waals surface area contributed by atoms with Crippen molar-refractivity contribution >= 4 is 5.69 Å². The van der Waals surface area contributed by atoms with Gasteiger partial charge in [-0.3, -0.25) is 0 Å². The highest BCUT2D eigenvalue weighted by Crippen LogP contribution is 2.29. The van der Waals surface area contributed by atoms with Crippen molar-refractivity contribution in [3.8, 4) is 0 Å². The van der Waals surface area contributed by atoms with Crippen molar-refractivity contribution in [3.05, 3.63) is 29.3 Å². The van der Waals surface area contributed by atoms with E-state index >= 15 is 0 Å². The number of aryl methyl sites for hydroxylation is 2. The third kappa shape index (κ3) is 4.45. The van der Waals surface area contributed by atoms with Gasteiger partial charge in [0.1, 0.15) is 0 Å². The molecule has 1 aromatic carbocycles. The van der Waals surface area contributed by atoms with E-state index in [1.54, 1.807) is 7.11 Å². The normalized spacial score (nSPS) is 16.1. The van der Waals surface area contributed by atoms with Crippen LogP contribution in [0.5, 0.6) is 0 Å². The Morgan fingerprint density at radius 3 is 2.81 bits per heavy atom. The predicted molar refractivity (Wildman–Crippen MR) is 90.2 cm³/mol. The monoisotopic (exact) mass is 290 g/mol. The average Bonchev–Trinajstić information content (AvgIpc) is 2.45. The number of methoxy groups -OCH3 is 1. The number of benzene rings is 1. The van der Waals surface area contributed by atoms with Gasteiger partial charge in [0.2, 0.25) is 0 Å². The number of hydrogen-bond acceptors (Lipinski definition) is 3. The molecule has 0 spiro atoms. The zero-order valence-corrected chi connectivity index (χ0v) is 14.0. The molecule has 0 saturated carbocycles. The van der Waals surface area contributed by atoms with E-state index in [1.165, 1.54) is 29.7 Å². The van der Waals surface area contributed by atoms with Crippen LogP contribution in [0, 0.1) is 12.8 Å². The van der Waals surface area contributed by atoms with E-state index in [2.05, 4.69) is 49.2 Å². The van der Waals surface area contributed by atoms with Crippen molar-refractivity contribution < 1.29 is 4.74 Å². The number of ether oxygens (including phenoxy) is 1. The Kier molecular flexibility index (Phi) is 6.07. The van der Waals surface area contributed by atoms with Gasteiger partial charge in [0.05, 0.1) is 12.6 Å². The molecule has 118 valence electrons. The highest BCUT2D eigenvalue weighted by molar-refractivity contribution is 5.57. The molecule has 0 radical (unpaired) electrons. The Hall–Kier alpha value is -1.06. The Morgan fingerprint density at radius 1 is 1.29 bits per heavy atom. The van der Waals surface area contributed by atoms with Crippen LogP contribution in [0.25, 0.3) is 0 Å². The van der Waals surface area contributed by atoms with Gasteiger partial charge < -0.3 is 15.0 Å². The molecular formula is C18H30N2O. The molecule has 0 aliphatic carbocycles. The number of nitrogens with one attached hydrogen (secondary N) is 1. The van der Waals surface area contributed by atoms with Gasteiger partial charge >= 0.3 is 0 Å². The van der Waals surface area contributed by atoms with E-state index in [4.69, 9.17) is 4.74 Å². The predicted octanol–water partition coefficient (Wildman–Crippen LogP) is 3.01. The molecular weight excluding hydrogens is 260 g/mol. The first kappa shape index (κ1) is 16.3.